The van der Waals surface area contributed by atoms with Crippen molar-refractivity contribution >= 4 is 17.3 Å². The van der Waals surface area contributed by atoms with E-state index in [-0.39, 0.29) is 11.2 Å². The quantitative estimate of drug-likeness (QED) is 0.819. The van der Waals surface area contributed by atoms with E-state index in [9.17, 15) is 9.59 Å². The summed E-state index contributed by atoms with van der Waals surface area (Å²) in [5.41, 5.74) is 8.48. The van der Waals surface area contributed by atoms with Gasteiger partial charge in [0.05, 0.1) is 5.57 Å². The Morgan fingerprint density at radius 1 is 1.28 bits per heavy atom. The van der Waals surface area contributed by atoms with Crippen LogP contribution in [0.4, 0.5) is 0 Å². The molecule has 1 aromatic rings. The lowest BCUT2D eigenvalue weighted by Gasteiger charge is -2.23. The summed E-state index contributed by atoms with van der Waals surface area (Å²) >= 11 is 0. The maximum atomic E-state index is 11.5. The summed E-state index contributed by atoms with van der Waals surface area (Å²) in [6, 6.07) is 5.90. The van der Waals surface area contributed by atoms with E-state index in [4.69, 9.17) is 5.73 Å². The van der Waals surface area contributed by atoms with E-state index in [1.54, 1.807) is 0 Å². The van der Waals surface area contributed by atoms with Gasteiger partial charge in [0.25, 0.3) is 0 Å². The standard InChI is InChI=1S/C15H17NO2/c1-15(2,3)10-5-4-9-6-11(17)8-13(14(16)18)12(9)7-10/h4-5,7-8H,6H2,1-3H3,(H2,16,18). The molecule has 1 aromatic carbocycles. The lowest BCUT2D eigenvalue weighted by atomic mass is 9.81. The van der Waals surface area contributed by atoms with Crippen molar-refractivity contribution in [1.82, 2.24) is 0 Å². The molecule has 1 aliphatic carbocycles. The molecular weight excluding hydrogens is 226 g/mol. The van der Waals surface area contributed by atoms with E-state index >= 15 is 0 Å². The molecule has 0 atom stereocenters. The molecule has 0 saturated heterocycles. The van der Waals surface area contributed by atoms with Crippen LogP contribution in [0, 0.1) is 0 Å². The van der Waals surface area contributed by atoms with Gasteiger partial charge in [0, 0.05) is 6.42 Å². The molecule has 2 N–H and O–H groups in total. The maximum absolute atomic E-state index is 11.5. The third kappa shape index (κ3) is 2.21. The third-order valence-corrected chi connectivity index (χ3v) is 3.20. The van der Waals surface area contributed by atoms with Crippen molar-refractivity contribution < 1.29 is 9.59 Å². The first-order valence-corrected chi connectivity index (χ1v) is 5.97. The summed E-state index contributed by atoms with van der Waals surface area (Å²) in [6.07, 6.45) is 1.70. The summed E-state index contributed by atoms with van der Waals surface area (Å²) in [6.45, 7) is 6.32. The van der Waals surface area contributed by atoms with Gasteiger partial charge in [0.1, 0.15) is 0 Å². The summed E-state index contributed by atoms with van der Waals surface area (Å²) in [4.78, 5) is 23.0. The van der Waals surface area contributed by atoms with Crippen molar-refractivity contribution in [2.45, 2.75) is 32.6 Å². The second-order valence-corrected chi connectivity index (χ2v) is 5.69. The Kier molecular flexibility index (Phi) is 2.85. The summed E-state index contributed by atoms with van der Waals surface area (Å²) in [5.74, 6) is -0.616. The molecular formula is C15H17NO2. The number of ketones is 1. The Morgan fingerprint density at radius 3 is 2.50 bits per heavy atom. The number of hydrogen-bond donors (Lipinski definition) is 1. The SMILES string of the molecule is CC(C)(C)c1ccc2c(c1)C(C(N)=O)=CC(=O)C2. The number of primary amides is 1. The molecule has 1 aliphatic rings. The first kappa shape index (κ1) is 12.6. The van der Waals surface area contributed by atoms with Gasteiger partial charge in [0.2, 0.25) is 5.91 Å². The Balaban J connectivity index is 2.60. The van der Waals surface area contributed by atoms with Gasteiger partial charge in [-0.2, -0.15) is 0 Å². The van der Waals surface area contributed by atoms with E-state index < -0.39 is 5.91 Å². The van der Waals surface area contributed by atoms with E-state index in [1.807, 2.05) is 18.2 Å². The molecule has 0 radical (unpaired) electrons. The molecule has 3 heteroatoms. The van der Waals surface area contributed by atoms with Gasteiger partial charge < -0.3 is 5.73 Å². The van der Waals surface area contributed by atoms with Gasteiger partial charge in [-0.15, -0.1) is 0 Å². The van der Waals surface area contributed by atoms with Crippen LogP contribution in [-0.4, -0.2) is 11.7 Å². The van der Waals surface area contributed by atoms with E-state index in [1.165, 1.54) is 6.08 Å². The number of hydrogen-bond acceptors (Lipinski definition) is 2. The zero-order valence-corrected chi connectivity index (χ0v) is 10.9. The number of carbonyl (C=O) groups is 2. The molecule has 0 saturated carbocycles. The van der Waals surface area contributed by atoms with Crippen LogP contribution in [0.2, 0.25) is 0 Å². The molecule has 2 rings (SSSR count). The number of fused-ring (bicyclic) bond motifs is 1. The van der Waals surface area contributed by atoms with Gasteiger partial charge in [-0.1, -0.05) is 39.0 Å². The third-order valence-electron chi connectivity index (χ3n) is 3.20. The van der Waals surface area contributed by atoms with E-state index in [2.05, 4.69) is 20.8 Å². The molecule has 18 heavy (non-hydrogen) atoms. The molecule has 0 aromatic heterocycles. The second kappa shape index (κ2) is 4.09. The van der Waals surface area contributed by atoms with Crippen LogP contribution in [0.5, 0.6) is 0 Å². The summed E-state index contributed by atoms with van der Waals surface area (Å²) in [7, 11) is 0. The van der Waals surface area contributed by atoms with Crippen LogP contribution in [0.25, 0.3) is 5.57 Å². The molecule has 94 valence electrons. The molecule has 1 amide bonds. The van der Waals surface area contributed by atoms with Crippen molar-refractivity contribution in [3.63, 3.8) is 0 Å². The summed E-state index contributed by atoms with van der Waals surface area (Å²) in [5, 5.41) is 0. The fourth-order valence-electron chi connectivity index (χ4n) is 2.13. The van der Waals surface area contributed by atoms with Gasteiger partial charge in [-0.05, 0) is 28.2 Å². The highest BCUT2D eigenvalue weighted by Crippen LogP contribution is 2.30. The first-order valence-electron chi connectivity index (χ1n) is 5.97. The Bertz CT molecular complexity index is 562. The van der Waals surface area contributed by atoms with Crippen molar-refractivity contribution in [1.29, 1.82) is 0 Å². The van der Waals surface area contributed by atoms with E-state index in [0.717, 1.165) is 16.7 Å². The molecule has 0 aliphatic heterocycles. The molecule has 0 heterocycles. The lowest BCUT2D eigenvalue weighted by Crippen LogP contribution is -2.21. The van der Waals surface area contributed by atoms with Crippen LogP contribution in [0.15, 0.2) is 24.3 Å². The predicted molar refractivity (Wildman–Crippen MR) is 71.0 cm³/mol. The van der Waals surface area contributed by atoms with Crippen LogP contribution < -0.4 is 5.73 Å². The lowest BCUT2D eigenvalue weighted by molar-refractivity contribution is -0.115. The minimum absolute atomic E-state index is 0.000752. The van der Waals surface area contributed by atoms with Gasteiger partial charge in [0.15, 0.2) is 5.78 Å². The Morgan fingerprint density at radius 2 is 1.94 bits per heavy atom. The fraction of sp³-hybridized carbons (Fsp3) is 0.333. The van der Waals surface area contributed by atoms with Crippen molar-refractivity contribution in [2.24, 2.45) is 5.73 Å². The topological polar surface area (TPSA) is 60.2 Å². The monoisotopic (exact) mass is 243 g/mol. The van der Waals surface area contributed by atoms with Gasteiger partial charge in [-0.3, -0.25) is 9.59 Å². The van der Waals surface area contributed by atoms with Crippen molar-refractivity contribution in [2.75, 3.05) is 0 Å². The van der Waals surface area contributed by atoms with Gasteiger partial charge >= 0.3 is 0 Å². The van der Waals surface area contributed by atoms with Crippen molar-refractivity contribution in [3.8, 4) is 0 Å². The number of benzene rings is 1. The number of allylic oxidation sites excluding steroid dienone is 1. The largest absolute Gasteiger partial charge is 0.366 e. The Hall–Kier alpha value is -1.90. The second-order valence-electron chi connectivity index (χ2n) is 5.69. The minimum atomic E-state index is -0.546. The molecule has 0 spiro atoms. The van der Waals surface area contributed by atoms with Crippen LogP contribution in [0.1, 0.15) is 37.5 Å². The smallest absolute Gasteiger partial charge is 0.249 e. The zero-order valence-electron chi connectivity index (χ0n) is 10.9. The molecule has 3 nitrogen and oxygen atoms in total. The number of rotatable bonds is 1. The number of nitrogens with two attached hydrogens (primary N) is 1. The average Bonchev–Trinajstić information content (AvgIpc) is 2.25. The van der Waals surface area contributed by atoms with E-state index in [0.29, 0.717) is 12.0 Å². The van der Waals surface area contributed by atoms with Crippen LogP contribution >= 0.6 is 0 Å². The molecule has 0 unspecified atom stereocenters. The maximum Gasteiger partial charge on any atom is 0.249 e. The number of carbonyl (C=O) groups excluding carboxylic acids is 2. The highest BCUT2D eigenvalue weighted by Gasteiger charge is 2.23. The number of amides is 1. The fourth-order valence-corrected chi connectivity index (χ4v) is 2.13. The average molecular weight is 243 g/mol. The highest BCUT2D eigenvalue weighted by atomic mass is 16.1. The summed E-state index contributed by atoms with van der Waals surface area (Å²) < 4.78 is 0. The van der Waals surface area contributed by atoms with Crippen LogP contribution in [0.3, 0.4) is 0 Å². The highest BCUT2D eigenvalue weighted by molar-refractivity contribution is 6.25. The first-order chi connectivity index (χ1) is 8.29. The Labute approximate surface area is 107 Å². The van der Waals surface area contributed by atoms with Crippen LogP contribution in [-0.2, 0) is 21.4 Å². The molecule has 0 bridgehead atoms. The zero-order chi connectivity index (χ0) is 13.5. The minimum Gasteiger partial charge on any atom is -0.366 e. The molecule has 0 fully saturated rings. The van der Waals surface area contributed by atoms with Gasteiger partial charge in [-0.25, -0.2) is 0 Å². The van der Waals surface area contributed by atoms with Crippen molar-refractivity contribution in [3.05, 3.63) is 41.0 Å². The normalized spacial score (nSPS) is 15.1. The predicted octanol–water partition coefficient (Wildman–Crippen LogP) is 1.98.